The van der Waals surface area contributed by atoms with Gasteiger partial charge in [0.2, 0.25) is 0 Å². The quantitative estimate of drug-likeness (QED) is 0.629. The molecule has 1 atom stereocenters. The maximum Gasteiger partial charge on any atom is 0.0985 e. The van der Waals surface area contributed by atoms with Crippen molar-refractivity contribution in [1.29, 1.82) is 0 Å². The van der Waals surface area contributed by atoms with Gasteiger partial charge in [-0.2, -0.15) is 0 Å². The van der Waals surface area contributed by atoms with Crippen LogP contribution in [0, 0.1) is 0 Å². The number of hydrogen-bond donors (Lipinski definition) is 2. The zero-order valence-corrected chi connectivity index (χ0v) is 16.7. The fraction of sp³-hybridized carbons (Fsp3) is 0.417. The molecule has 0 saturated carbocycles. The van der Waals surface area contributed by atoms with Gasteiger partial charge in [-0.05, 0) is 54.3 Å². The van der Waals surface area contributed by atoms with Gasteiger partial charge in [0.15, 0.2) is 0 Å². The molecule has 148 valence electrons. The molecule has 1 unspecified atom stereocenters. The molecule has 4 heteroatoms. The Labute approximate surface area is 166 Å². The van der Waals surface area contributed by atoms with Gasteiger partial charge in [0.05, 0.1) is 13.3 Å². The minimum absolute atomic E-state index is 0.232. The zero-order chi connectivity index (χ0) is 19.7. The van der Waals surface area contributed by atoms with E-state index in [9.17, 15) is 9.50 Å². The monoisotopic (exact) mass is 380 g/mol. The number of nitrogens with zero attached hydrogens (tertiary/aromatic N) is 1. The molecule has 2 aromatic carbocycles. The summed E-state index contributed by atoms with van der Waals surface area (Å²) in [7, 11) is 0. The molecule has 0 bridgehead atoms. The maximum atomic E-state index is 13.4. The lowest BCUT2D eigenvalue weighted by molar-refractivity contribution is 0.152. The van der Waals surface area contributed by atoms with Crippen molar-refractivity contribution in [3.8, 4) is 11.1 Å². The van der Waals surface area contributed by atoms with Gasteiger partial charge < -0.3 is 10.1 Å². The van der Waals surface area contributed by atoms with E-state index >= 15 is 0 Å². The summed E-state index contributed by atoms with van der Waals surface area (Å²) in [5, 5.41) is 10.7. The highest BCUT2D eigenvalue weighted by Gasteiger charge is 2.24. The molecule has 1 saturated heterocycles. The highest BCUT2D eigenvalue weighted by Crippen LogP contribution is 2.30. The Bertz CT molecular complexity index is 962. The van der Waals surface area contributed by atoms with Gasteiger partial charge in [0.1, 0.15) is 0 Å². The molecule has 0 spiro atoms. The molecule has 1 fully saturated rings. The van der Waals surface area contributed by atoms with Gasteiger partial charge in [-0.3, -0.25) is 9.29 Å². The van der Waals surface area contributed by atoms with E-state index in [1.165, 1.54) is 11.1 Å². The number of likely N-dealkylation sites (tertiary alicyclic amines) is 1. The highest BCUT2D eigenvalue weighted by molar-refractivity contribution is 5.86. The van der Waals surface area contributed by atoms with Crippen LogP contribution in [0.15, 0.2) is 48.5 Å². The van der Waals surface area contributed by atoms with Crippen LogP contribution in [0.4, 0.5) is 4.39 Å². The Morgan fingerprint density at radius 2 is 1.96 bits per heavy atom. The number of aromatic amines is 1. The number of aliphatic hydroxyl groups is 1. The second-order valence-electron chi connectivity index (χ2n) is 8.64. The maximum absolute atomic E-state index is 13.4. The van der Waals surface area contributed by atoms with E-state index in [0.717, 1.165) is 48.1 Å². The third kappa shape index (κ3) is 3.71. The smallest absolute Gasteiger partial charge is 0.0985 e. The van der Waals surface area contributed by atoms with Crippen molar-refractivity contribution >= 4 is 10.9 Å². The first-order valence-corrected chi connectivity index (χ1v) is 10.1. The van der Waals surface area contributed by atoms with Crippen molar-refractivity contribution in [2.75, 3.05) is 19.8 Å². The Kier molecular flexibility index (Phi) is 5.26. The Balaban J connectivity index is 1.61. The number of rotatable bonds is 6. The summed E-state index contributed by atoms with van der Waals surface area (Å²) in [6.07, 6.45) is 2.23. The van der Waals surface area contributed by atoms with Crippen LogP contribution < -0.4 is 0 Å². The largest absolute Gasteiger partial charge is 0.395 e. The first-order valence-electron chi connectivity index (χ1n) is 10.1. The van der Waals surface area contributed by atoms with Gasteiger partial charge >= 0.3 is 0 Å². The average Bonchev–Trinajstić information content (AvgIpc) is 3.33. The fourth-order valence-corrected chi connectivity index (χ4v) is 4.18. The first-order chi connectivity index (χ1) is 13.5. The molecule has 3 nitrogen and oxygen atoms in total. The van der Waals surface area contributed by atoms with Crippen molar-refractivity contribution in [3.05, 3.63) is 59.8 Å². The number of benzene rings is 2. The summed E-state index contributed by atoms with van der Waals surface area (Å²) in [4.78, 5) is 5.87. The van der Waals surface area contributed by atoms with Gasteiger partial charge in [-0.15, -0.1) is 0 Å². The predicted octanol–water partition coefficient (Wildman–Crippen LogP) is 5.04. The zero-order valence-electron chi connectivity index (χ0n) is 16.7. The van der Waals surface area contributed by atoms with Crippen LogP contribution in [0.5, 0.6) is 0 Å². The normalized spacial score (nSPS) is 18.2. The molecule has 3 aromatic rings. The molecule has 1 aliphatic heterocycles. The van der Waals surface area contributed by atoms with E-state index in [-0.39, 0.29) is 19.3 Å². The van der Waals surface area contributed by atoms with Crippen molar-refractivity contribution < 1.29 is 9.50 Å². The van der Waals surface area contributed by atoms with E-state index in [1.807, 2.05) is 26.0 Å². The molecule has 0 amide bonds. The lowest BCUT2D eigenvalue weighted by Crippen LogP contribution is -2.31. The fourth-order valence-electron chi connectivity index (χ4n) is 4.18. The summed E-state index contributed by atoms with van der Waals surface area (Å²) in [6.45, 7) is 5.62. The van der Waals surface area contributed by atoms with Crippen molar-refractivity contribution in [2.24, 2.45) is 0 Å². The number of aliphatic hydroxyl groups excluding tert-OH is 1. The second-order valence-corrected chi connectivity index (χ2v) is 8.64. The van der Waals surface area contributed by atoms with Crippen LogP contribution in [-0.2, 0) is 12.0 Å². The summed E-state index contributed by atoms with van der Waals surface area (Å²) in [6, 6.07) is 17.1. The number of alkyl halides is 1. The average molecular weight is 381 g/mol. The highest BCUT2D eigenvalue weighted by atomic mass is 19.1. The molecule has 2 heterocycles. The number of H-pyrrole nitrogens is 1. The second kappa shape index (κ2) is 7.69. The van der Waals surface area contributed by atoms with Crippen molar-refractivity contribution in [1.82, 2.24) is 9.88 Å². The van der Waals surface area contributed by atoms with E-state index in [0.29, 0.717) is 0 Å². The van der Waals surface area contributed by atoms with E-state index in [4.69, 9.17) is 0 Å². The Hall–Kier alpha value is -2.17. The minimum Gasteiger partial charge on any atom is -0.395 e. The topological polar surface area (TPSA) is 39.3 Å². The summed E-state index contributed by atoms with van der Waals surface area (Å²) in [5.74, 6) is 0. The van der Waals surface area contributed by atoms with Crippen LogP contribution in [0.1, 0.15) is 37.9 Å². The standard InChI is InChI=1S/C24H29FN2O/c1-24(2,16-25)20-6-3-5-17(12-20)18-8-9-23-19(11-18)13-21(26-23)14-27-10-4-7-22(27)15-28/h3,5-6,8-9,11-13,22,26,28H,4,7,10,14-16H2,1-2H3. The van der Waals surface area contributed by atoms with Crippen LogP contribution in [-0.4, -0.2) is 40.9 Å². The van der Waals surface area contributed by atoms with Crippen molar-refractivity contribution in [2.45, 2.75) is 44.7 Å². The van der Waals surface area contributed by atoms with E-state index in [2.05, 4.69) is 46.3 Å². The van der Waals surface area contributed by atoms with Crippen LogP contribution >= 0.6 is 0 Å². The Morgan fingerprint density at radius 1 is 1.14 bits per heavy atom. The van der Waals surface area contributed by atoms with Crippen LogP contribution in [0.2, 0.25) is 0 Å². The third-order valence-corrected chi connectivity index (χ3v) is 6.07. The molecule has 0 aliphatic carbocycles. The molecule has 0 radical (unpaired) electrons. The van der Waals surface area contributed by atoms with E-state index in [1.54, 1.807) is 0 Å². The molecule has 2 N–H and O–H groups in total. The predicted molar refractivity (Wildman–Crippen MR) is 113 cm³/mol. The minimum atomic E-state index is -0.472. The molecule has 28 heavy (non-hydrogen) atoms. The van der Waals surface area contributed by atoms with Gasteiger partial charge in [-0.1, -0.05) is 44.2 Å². The first kappa shape index (κ1) is 19.2. The van der Waals surface area contributed by atoms with Gasteiger partial charge in [0.25, 0.3) is 0 Å². The summed E-state index contributed by atoms with van der Waals surface area (Å²) < 4.78 is 13.4. The van der Waals surface area contributed by atoms with Gasteiger partial charge in [0, 0.05) is 34.6 Å². The molecular formula is C24H29FN2O. The SMILES string of the molecule is CC(C)(CF)c1cccc(-c2ccc3[nH]c(CN4CCCC4CO)cc3c2)c1. The van der Waals surface area contributed by atoms with Gasteiger partial charge in [-0.25, -0.2) is 0 Å². The number of nitrogens with one attached hydrogen (secondary N) is 1. The molecule has 4 rings (SSSR count). The molecule has 1 aliphatic rings. The molecule has 1 aromatic heterocycles. The number of hydrogen-bond acceptors (Lipinski definition) is 2. The van der Waals surface area contributed by atoms with E-state index < -0.39 is 5.41 Å². The van der Waals surface area contributed by atoms with Crippen molar-refractivity contribution in [3.63, 3.8) is 0 Å². The van der Waals surface area contributed by atoms with Crippen LogP contribution in [0.25, 0.3) is 22.0 Å². The summed E-state index contributed by atoms with van der Waals surface area (Å²) >= 11 is 0. The summed E-state index contributed by atoms with van der Waals surface area (Å²) in [5.41, 5.74) is 5.11. The molecular weight excluding hydrogens is 351 g/mol. The lowest BCUT2D eigenvalue weighted by Gasteiger charge is -2.21. The number of fused-ring (bicyclic) bond motifs is 1. The number of halogens is 1. The van der Waals surface area contributed by atoms with Crippen LogP contribution in [0.3, 0.4) is 0 Å². The number of aromatic nitrogens is 1. The Morgan fingerprint density at radius 3 is 2.75 bits per heavy atom. The lowest BCUT2D eigenvalue weighted by atomic mass is 9.84. The third-order valence-electron chi connectivity index (χ3n) is 6.07.